The van der Waals surface area contributed by atoms with Crippen LogP contribution < -0.4 is 15.0 Å². The Labute approximate surface area is 145 Å². The quantitative estimate of drug-likeness (QED) is 0.908. The molecule has 0 saturated heterocycles. The number of aryl methyl sites for hydroxylation is 1. The normalized spacial score (nSPS) is 13.2. The van der Waals surface area contributed by atoms with Gasteiger partial charge in [0.05, 0.1) is 11.4 Å². The van der Waals surface area contributed by atoms with E-state index in [4.69, 9.17) is 4.74 Å². The van der Waals surface area contributed by atoms with Gasteiger partial charge in [-0.2, -0.15) is 0 Å². The zero-order valence-corrected chi connectivity index (χ0v) is 13.9. The van der Waals surface area contributed by atoms with E-state index < -0.39 is 0 Å². The number of ether oxygens (including phenoxy) is 1. The van der Waals surface area contributed by atoms with Crippen LogP contribution >= 0.6 is 0 Å². The average molecular weight is 342 g/mol. The Balaban J connectivity index is 1.60. The van der Waals surface area contributed by atoms with E-state index in [2.05, 4.69) is 5.32 Å². The largest absolute Gasteiger partial charge is 0.479 e. The summed E-state index contributed by atoms with van der Waals surface area (Å²) in [6.45, 7) is -0.0519. The summed E-state index contributed by atoms with van der Waals surface area (Å²) in [4.78, 5) is 25.4. The lowest BCUT2D eigenvalue weighted by Gasteiger charge is -2.27. The lowest BCUT2D eigenvalue weighted by atomic mass is 10.1. The third kappa shape index (κ3) is 3.79. The summed E-state index contributed by atoms with van der Waals surface area (Å²) in [5, 5.41) is 2.81. The molecule has 6 heteroatoms. The summed E-state index contributed by atoms with van der Waals surface area (Å²) in [7, 11) is 1.67. The van der Waals surface area contributed by atoms with E-state index in [9.17, 15) is 14.0 Å². The summed E-state index contributed by atoms with van der Waals surface area (Å²) in [6.07, 6.45) is 1.31. The summed E-state index contributed by atoms with van der Waals surface area (Å²) >= 11 is 0. The maximum Gasteiger partial charge on any atom is 0.264 e. The first-order valence-electron chi connectivity index (χ1n) is 8.12. The van der Waals surface area contributed by atoms with Gasteiger partial charge in [-0.15, -0.1) is 0 Å². The van der Waals surface area contributed by atoms with Crippen molar-refractivity contribution >= 4 is 23.2 Å². The Hall–Kier alpha value is -2.89. The SMILES string of the molecule is CN1C(=O)COc2c(NC(=O)CCCc3ccccc3F)cccc21. The number of anilines is 2. The van der Waals surface area contributed by atoms with Crippen molar-refractivity contribution in [2.45, 2.75) is 19.3 Å². The van der Waals surface area contributed by atoms with Gasteiger partial charge < -0.3 is 15.0 Å². The van der Waals surface area contributed by atoms with Crippen molar-refractivity contribution in [3.8, 4) is 5.75 Å². The fourth-order valence-corrected chi connectivity index (χ4v) is 2.76. The fourth-order valence-electron chi connectivity index (χ4n) is 2.76. The number of carbonyl (C=O) groups is 2. The number of rotatable bonds is 5. The topological polar surface area (TPSA) is 58.6 Å². The molecule has 0 saturated carbocycles. The molecule has 130 valence electrons. The molecule has 0 aliphatic carbocycles. The molecule has 5 nitrogen and oxygen atoms in total. The standard InChI is InChI=1S/C19H19FN2O3/c1-22-16-10-5-9-15(19(16)25-12-18(22)24)21-17(23)11-4-7-13-6-2-3-8-14(13)20/h2-3,5-6,8-10H,4,7,11-12H2,1H3,(H,21,23). The molecule has 0 unspecified atom stereocenters. The Morgan fingerprint density at radius 3 is 2.84 bits per heavy atom. The molecular weight excluding hydrogens is 323 g/mol. The van der Waals surface area contributed by atoms with Crippen LogP contribution in [0.5, 0.6) is 5.75 Å². The van der Waals surface area contributed by atoms with Gasteiger partial charge in [0.15, 0.2) is 12.4 Å². The molecule has 0 fully saturated rings. The van der Waals surface area contributed by atoms with Gasteiger partial charge in [0, 0.05) is 13.5 Å². The van der Waals surface area contributed by atoms with E-state index in [0.29, 0.717) is 35.5 Å². The van der Waals surface area contributed by atoms with Crippen molar-refractivity contribution in [1.82, 2.24) is 0 Å². The number of hydrogen-bond donors (Lipinski definition) is 1. The highest BCUT2D eigenvalue weighted by Gasteiger charge is 2.24. The Kier molecular flexibility index (Phi) is 4.97. The molecule has 1 N–H and O–H groups in total. The first-order chi connectivity index (χ1) is 12.1. The summed E-state index contributed by atoms with van der Waals surface area (Å²) in [5.41, 5.74) is 1.77. The molecule has 0 bridgehead atoms. The van der Waals surface area contributed by atoms with Crippen LogP contribution in [0.1, 0.15) is 18.4 Å². The molecule has 0 aromatic heterocycles. The first-order valence-corrected chi connectivity index (χ1v) is 8.12. The molecule has 1 heterocycles. The van der Waals surface area contributed by atoms with Crippen molar-refractivity contribution in [3.05, 3.63) is 53.8 Å². The molecule has 0 atom stereocenters. The monoisotopic (exact) mass is 342 g/mol. The average Bonchev–Trinajstić information content (AvgIpc) is 2.60. The highest BCUT2D eigenvalue weighted by Crippen LogP contribution is 2.38. The van der Waals surface area contributed by atoms with E-state index in [1.807, 2.05) is 0 Å². The van der Waals surface area contributed by atoms with Crippen molar-refractivity contribution in [2.75, 3.05) is 23.9 Å². The van der Waals surface area contributed by atoms with Gasteiger partial charge in [-0.25, -0.2) is 4.39 Å². The Bertz CT molecular complexity index is 807. The molecule has 0 spiro atoms. The predicted molar refractivity (Wildman–Crippen MR) is 93.3 cm³/mol. The Morgan fingerprint density at radius 2 is 2.04 bits per heavy atom. The summed E-state index contributed by atoms with van der Waals surface area (Å²) in [6, 6.07) is 11.8. The van der Waals surface area contributed by atoms with Crippen LogP contribution in [0.15, 0.2) is 42.5 Å². The number of nitrogens with zero attached hydrogens (tertiary/aromatic N) is 1. The number of likely N-dealkylation sites (N-methyl/N-ethyl adjacent to an activating group) is 1. The molecule has 1 aliphatic rings. The minimum Gasteiger partial charge on any atom is -0.479 e. The van der Waals surface area contributed by atoms with Gasteiger partial charge in [-0.05, 0) is 36.6 Å². The van der Waals surface area contributed by atoms with Crippen LogP contribution in [0.2, 0.25) is 0 Å². The van der Waals surface area contributed by atoms with E-state index >= 15 is 0 Å². The van der Waals surface area contributed by atoms with Gasteiger partial charge in [-0.1, -0.05) is 24.3 Å². The van der Waals surface area contributed by atoms with Crippen molar-refractivity contribution in [2.24, 2.45) is 0 Å². The fraction of sp³-hybridized carbons (Fsp3) is 0.263. The molecule has 2 amide bonds. The molecule has 25 heavy (non-hydrogen) atoms. The van der Waals surface area contributed by atoms with Crippen LogP contribution in [0.3, 0.4) is 0 Å². The van der Waals surface area contributed by atoms with Gasteiger partial charge in [0.25, 0.3) is 5.91 Å². The van der Waals surface area contributed by atoms with Gasteiger partial charge in [0.1, 0.15) is 5.82 Å². The molecule has 1 aliphatic heterocycles. The molecular formula is C19H19FN2O3. The summed E-state index contributed by atoms with van der Waals surface area (Å²) < 4.78 is 19.0. The van der Waals surface area contributed by atoms with Gasteiger partial charge >= 0.3 is 0 Å². The van der Waals surface area contributed by atoms with E-state index in [1.54, 1.807) is 43.4 Å². The molecule has 2 aromatic carbocycles. The van der Waals surface area contributed by atoms with Gasteiger partial charge in [-0.3, -0.25) is 9.59 Å². The highest BCUT2D eigenvalue weighted by molar-refractivity contribution is 6.01. The lowest BCUT2D eigenvalue weighted by Crippen LogP contribution is -2.35. The minimum absolute atomic E-state index is 0.0519. The number of nitrogens with one attached hydrogen (secondary N) is 1. The second-order valence-electron chi connectivity index (χ2n) is 5.89. The van der Waals surface area contributed by atoms with Crippen molar-refractivity contribution in [3.63, 3.8) is 0 Å². The third-order valence-corrected chi connectivity index (χ3v) is 4.15. The number of benzene rings is 2. The van der Waals surface area contributed by atoms with Gasteiger partial charge in [0.2, 0.25) is 5.91 Å². The first kappa shape index (κ1) is 17.0. The molecule has 2 aromatic rings. The number of para-hydroxylation sites is 1. The smallest absolute Gasteiger partial charge is 0.264 e. The van der Waals surface area contributed by atoms with Crippen LogP contribution in [0.4, 0.5) is 15.8 Å². The van der Waals surface area contributed by atoms with Crippen LogP contribution in [-0.4, -0.2) is 25.5 Å². The van der Waals surface area contributed by atoms with Crippen LogP contribution in [0, 0.1) is 5.82 Å². The number of carbonyl (C=O) groups excluding carboxylic acids is 2. The van der Waals surface area contributed by atoms with E-state index in [1.165, 1.54) is 11.0 Å². The maximum atomic E-state index is 13.6. The third-order valence-electron chi connectivity index (χ3n) is 4.15. The van der Waals surface area contributed by atoms with E-state index in [0.717, 1.165) is 0 Å². The van der Waals surface area contributed by atoms with Crippen LogP contribution in [-0.2, 0) is 16.0 Å². The van der Waals surface area contributed by atoms with Crippen LogP contribution in [0.25, 0.3) is 0 Å². The van der Waals surface area contributed by atoms with Crippen molar-refractivity contribution < 1.29 is 18.7 Å². The number of halogens is 1. The number of hydrogen-bond acceptors (Lipinski definition) is 3. The number of amides is 2. The highest BCUT2D eigenvalue weighted by atomic mass is 19.1. The molecule has 3 rings (SSSR count). The maximum absolute atomic E-state index is 13.6. The zero-order chi connectivity index (χ0) is 17.8. The summed E-state index contributed by atoms with van der Waals surface area (Å²) in [5.74, 6) is -0.0676. The van der Waals surface area contributed by atoms with Crippen molar-refractivity contribution in [1.29, 1.82) is 0 Å². The Morgan fingerprint density at radius 1 is 1.24 bits per heavy atom. The van der Waals surface area contributed by atoms with E-state index in [-0.39, 0.29) is 30.7 Å². The second kappa shape index (κ2) is 7.34. The lowest BCUT2D eigenvalue weighted by molar-refractivity contribution is -0.121. The number of fused-ring (bicyclic) bond motifs is 1. The minimum atomic E-state index is -0.249. The predicted octanol–water partition coefficient (Wildman–Crippen LogP) is 3.14. The zero-order valence-electron chi connectivity index (χ0n) is 13.9. The molecule has 0 radical (unpaired) electrons. The second-order valence-corrected chi connectivity index (χ2v) is 5.89.